The highest BCUT2D eigenvalue weighted by atomic mass is 32.2. The van der Waals surface area contributed by atoms with Crippen LogP contribution in [-0.4, -0.2) is 71.0 Å². The topological polar surface area (TPSA) is 134 Å². The number of hydrogen-bond acceptors (Lipinski definition) is 6. The number of carbonyl (C=O) groups is 2. The number of rotatable bonds is 7. The van der Waals surface area contributed by atoms with Gasteiger partial charge in [-0.1, -0.05) is 5.21 Å². The van der Waals surface area contributed by atoms with Gasteiger partial charge in [0.15, 0.2) is 0 Å². The molecular formula is C10H17N5O5S. The van der Waals surface area contributed by atoms with Gasteiger partial charge in [0.1, 0.15) is 22.1 Å². The lowest BCUT2D eigenvalue weighted by molar-refractivity contribution is -0.137. The second-order valence-corrected chi connectivity index (χ2v) is 6.77. The molecule has 1 aromatic heterocycles. The minimum atomic E-state index is -3.13. The van der Waals surface area contributed by atoms with Crippen LogP contribution in [0, 0.1) is 0 Å². The van der Waals surface area contributed by atoms with Crippen LogP contribution in [0.2, 0.25) is 0 Å². The third-order valence-corrected chi connectivity index (χ3v) is 3.37. The summed E-state index contributed by atoms with van der Waals surface area (Å²) < 4.78 is 23.1. The molecule has 0 aliphatic carbocycles. The largest absolute Gasteiger partial charge is 0.480 e. The van der Waals surface area contributed by atoms with E-state index in [0.717, 1.165) is 10.9 Å². The van der Waals surface area contributed by atoms with Crippen LogP contribution >= 0.6 is 0 Å². The van der Waals surface area contributed by atoms with Crippen LogP contribution in [-0.2, 0) is 27.7 Å². The van der Waals surface area contributed by atoms with Crippen LogP contribution in [0.1, 0.15) is 5.69 Å². The fourth-order valence-corrected chi connectivity index (χ4v) is 1.95. The average Bonchev–Trinajstić information content (AvgIpc) is 2.78. The lowest BCUT2D eigenvalue weighted by Gasteiger charge is -2.16. The predicted octanol–water partition coefficient (Wildman–Crippen LogP) is -1.45. The van der Waals surface area contributed by atoms with Crippen molar-refractivity contribution in [3.63, 3.8) is 0 Å². The number of urea groups is 1. The first-order chi connectivity index (χ1) is 9.67. The second-order valence-electron chi connectivity index (χ2n) is 4.51. The van der Waals surface area contributed by atoms with E-state index in [1.807, 2.05) is 0 Å². The van der Waals surface area contributed by atoms with E-state index in [1.165, 1.54) is 18.1 Å². The maximum Gasteiger partial charge on any atom is 0.325 e. The van der Waals surface area contributed by atoms with Crippen molar-refractivity contribution in [2.24, 2.45) is 0 Å². The molecule has 0 aliphatic heterocycles. The number of amides is 2. The van der Waals surface area contributed by atoms with Crippen LogP contribution in [0.5, 0.6) is 0 Å². The van der Waals surface area contributed by atoms with E-state index < -0.39 is 21.8 Å². The average molecular weight is 319 g/mol. The fraction of sp³-hybridized carbons (Fsp3) is 0.600. The van der Waals surface area contributed by atoms with Crippen molar-refractivity contribution in [1.29, 1.82) is 0 Å². The first kappa shape index (κ1) is 16.9. The van der Waals surface area contributed by atoms with Crippen molar-refractivity contribution in [2.45, 2.75) is 13.1 Å². The molecule has 0 aromatic carbocycles. The Kier molecular flexibility index (Phi) is 5.64. The van der Waals surface area contributed by atoms with E-state index in [2.05, 4.69) is 15.6 Å². The highest BCUT2D eigenvalue weighted by Crippen LogP contribution is 1.95. The van der Waals surface area contributed by atoms with E-state index in [1.54, 1.807) is 0 Å². The Labute approximate surface area is 121 Å². The SMILES string of the molecule is CN(CCS(C)(=O)=O)C(=O)NCc1cn(CC(=O)O)nn1. The third kappa shape index (κ3) is 6.70. The minimum absolute atomic E-state index is 0.0711. The van der Waals surface area contributed by atoms with Crippen molar-refractivity contribution in [3.8, 4) is 0 Å². The highest BCUT2D eigenvalue weighted by Gasteiger charge is 2.12. The number of carbonyl (C=O) groups excluding carboxylic acids is 1. The predicted molar refractivity (Wildman–Crippen MR) is 72.2 cm³/mol. The number of nitrogens with zero attached hydrogens (tertiary/aromatic N) is 4. The molecule has 11 heteroatoms. The number of carboxylic acids is 1. The summed E-state index contributed by atoms with van der Waals surface area (Å²) in [5.41, 5.74) is 0.404. The summed E-state index contributed by atoms with van der Waals surface area (Å²) in [6, 6.07) is -0.452. The molecule has 0 atom stereocenters. The summed E-state index contributed by atoms with van der Waals surface area (Å²) in [6.45, 7) is -0.159. The minimum Gasteiger partial charge on any atom is -0.480 e. The van der Waals surface area contributed by atoms with Gasteiger partial charge in [0.25, 0.3) is 0 Å². The second kappa shape index (κ2) is 7.02. The molecule has 1 aromatic rings. The molecule has 118 valence electrons. The number of aliphatic carboxylic acids is 1. The molecular weight excluding hydrogens is 302 g/mol. The Morgan fingerprint density at radius 1 is 1.48 bits per heavy atom. The highest BCUT2D eigenvalue weighted by molar-refractivity contribution is 7.90. The molecule has 0 unspecified atom stereocenters. The number of nitrogens with one attached hydrogen (secondary N) is 1. The van der Waals surface area contributed by atoms with Gasteiger partial charge in [0, 0.05) is 19.8 Å². The van der Waals surface area contributed by atoms with Gasteiger partial charge in [0.2, 0.25) is 0 Å². The van der Waals surface area contributed by atoms with E-state index in [0.29, 0.717) is 5.69 Å². The van der Waals surface area contributed by atoms with Gasteiger partial charge in [-0.15, -0.1) is 5.10 Å². The van der Waals surface area contributed by atoms with Gasteiger partial charge in [-0.3, -0.25) is 4.79 Å². The molecule has 2 amide bonds. The Hall–Kier alpha value is -2.17. The lowest BCUT2D eigenvalue weighted by Crippen LogP contribution is -2.39. The molecule has 2 N–H and O–H groups in total. The van der Waals surface area contributed by atoms with E-state index in [-0.39, 0.29) is 25.4 Å². The molecule has 0 radical (unpaired) electrons. The normalized spacial score (nSPS) is 11.1. The quantitative estimate of drug-likeness (QED) is 0.627. The molecule has 0 spiro atoms. The van der Waals surface area contributed by atoms with Gasteiger partial charge < -0.3 is 15.3 Å². The zero-order valence-corrected chi connectivity index (χ0v) is 12.5. The first-order valence-corrected chi connectivity index (χ1v) is 8.01. The molecule has 0 bridgehead atoms. The molecule has 0 fully saturated rings. The standard InChI is InChI=1S/C10H17N5O5S/c1-14(3-4-21(2,19)20)10(18)11-5-8-6-15(13-12-8)7-9(16)17/h6H,3-5,7H2,1-2H3,(H,11,18)(H,16,17). The summed E-state index contributed by atoms with van der Waals surface area (Å²) in [7, 11) is -1.66. The Bertz CT molecular complexity index is 611. The molecule has 10 nitrogen and oxygen atoms in total. The number of aromatic nitrogens is 3. The van der Waals surface area contributed by atoms with Crippen molar-refractivity contribution in [3.05, 3.63) is 11.9 Å². The number of hydrogen-bond donors (Lipinski definition) is 2. The maximum atomic E-state index is 11.7. The van der Waals surface area contributed by atoms with E-state index in [9.17, 15) is 18.0 Å². The summed E-state index contributed by atoms with van der Waals surface area (Å²) >= 11 is 0. The zero-order valence-electron chi connectivity index (χ0n) is 11.7. The summed E-state index contributed by atoms with van der Waals surface area (Å²) in [5.74, 6) is -1.16. The summed E-state index contributed by atoms with van der Waals surface area (Å²) in [4.78, 5) is 23.4. The summed E-state index contributed by atoms with van der Waals surface area (Å²) in [5, 5.41) is 18.4. The smallest absolute Gasteiger partial charge is 0.325 e. The third-order valence-electron chi connectivity index (χ3n) is 2.45. The molecule has 1 rings (SSSR count). The molecule has 0 saturated heterocycles. The van der Waals surface area contributed by atoms with Crippen molar-refractivity contribution in [2.75, 3.05) is 25.6 Å². The van der Waals surface area contributed by atoms with Crippen LogP contribution in [0.15, 0.2) is 6.20 Å². The fourth-order valence-electron chi connectivity index (χ4n) is 1.34. The number of sulfone groups is 1. The monoisotopic (exact) mass is 319 g/mol. The molecule has 0 saturated carbocycles. The van der Waals surface area contributed by atoms with Crippen molar-refractivity contribution in [1.82, 2.24) is 25.2 Å². The summed E-state index contributed by atoms with van der Waals surface area (Å²) in [6.07, 6.45) is 2.50. The first-order valence-electron chi connectivity index (χ1n) is 5.95. The van der Waals surface area contributed by atoms with Crippen molar-refractivity contribution < 1.29 is 23.1 Å². The van der Waals surface area contributed by atoms with Crippen LogP contribution < -0.4 is 5.32 Å². The Balaban J connectivity index is 2.41. The van der Waals surface area contributed by atoms with Gasteiger partial charge in [-0.2, -0.15) is 0 Å². The van der Waals surface area contributed by atoms with Gasteiger partial charge >= 0.3 is 12.0 Å². The Morgan fingerprint density at radius 3 is 2.71 bits per heavy atom. The maximum absolute atomic E-state index is 11.7. The van der Waals surface area contributed by atoms with E-state index >= 15 is 0 Å². The van der Waals surface area contributed by atoms with Crippen LogP contribution in [0.3, 0.4) is 0 Å². The Morgan fingerprint density at radius 2 is 2.14 bits per heavy atom. The number of carboxylic acid groups (broad SMARTS) is 1. The molecule has 1 heterocycles. The van der Waals surface area contributed by atoms with Crippen LogP contribution in [0.25, 0.3) is 0 Å². The van der Waals surface area contributed by atoms with Gasteiger partial charge in [0.05, 0.1) is 18.5 Å². The van der Waals surface area contributed by atoms with E-state index in [4.69, 9.17) is 5.11 Å². The lowest BCUT2D eigenvalue weighted by atomic mass is 10.4. The van der Waals surface area contributed by atoms with Gasteiger partial charge in [-0.25, -0.2) is 17.9 Å². The van der Waals surface area contributed by atoms with Gasteiger partial charge in [-0.05, 0) is 0 Å². The molecule has 0 aliphatic rings. The van der Waals surface area contributed by atoms with Crippen LogP contribution in [0.4, 0.5) is 4.79 Å². The van der Waals surface area contributed by atoms with Crippen molar-refractivity contribution >= 4 is 21.8 Å². The molecule has 21 heavy (non-hydrogen) atoms. The zero-order chi connectivity index (χ0) is 16.0.